The molecule has 1 rings (SSSR count). The highest BCUT2D eigenvalue weighted by molar-refractivity contribution is 6.28. The normalized spacial score (nSPS) is 9.88. The lowest BCUT2D eigenvalue weighted by Crippen LogP contribution is -2.26. The molecule has 1 amide bonds. The molecule has 2 N–H and O–H groups in total. The molecule has 1 aromatic heterocycles. The summed E-state index contributed by atoms with van der Waals surface area (Å²) in [5.41, 5.74) is 0. The molecular weight excluding hydrogens is 230 g/mol. The van der Waals surface area contributed by atoms with Crippen LogP contribution in [0.25, 0.3) is 0 Å². The van der Waals surface area contributed by atoms with E-state index < -0.39 is 0 Å². The molecule has 0 bridgehead atoms. The summed E-state index contributed by atoms with van der Waals surface area (Å²) in [6.45, 7) is 3.21. The van der Waals surface area contributed by atoms with E-state index in [1.54, 1.807) is 0 Å². The molecule has 1 heterocycles. The number of amides is 1. The highest BCUT2D eigenvalue weighted by Gasteiger charge is 2.01. The summed E-state index contributed by atoms with van der Waals surface area (Å²) in [5.74, 6) is 0.533. The van der Waals surface area contributed by atoms with Gasteiger partial charge in [0, 0.05) is 19.5 Å². The second-order valence-corrected chi connectivity index (χ2v) is 3.48. The number of hydrogen-bond acceptors (Lipinski definition) is 5. The van der Waals surface area contributed by atoms with Gasteiger partial charge in [0.05, 0.1) is 6.20 Å². The predicted octanol–water partition coefficient (Wildman–Crippen LogP) is 0.853. The molecule has 88 valence electrons. The number of rotatable bonds is 6. The van der Waals surface area contributed by atoms with Gasteiger partial charge in [0.2, 0.25) is 11.2 Å². The summed E-state index contributed by atoms with van der Waals surface area (Å²) >= 11 is 5.55. The van der Waals surface area contributed by atoms with Gasteiger partial charge in [-0.2, -0.15) is 10.1 Å². The van der Waals surface area contributed by atoms with Crippen molar-refractivity contribution in [3.05, 3.63) is 11.5 Å². The van der Waals surface area contributed by atoms with E-state index in [-0.39, 0.29) is 11.2 Å². The second-order valence-electron chi connectivity index (χ2n) is 3.14. The summed E-state index contributed by atoms with van der Waals surface area (Å²) in [4.78, 5) is 15.1. The standard InChI is InChI=1S/C9H14ClN5O/c1-2-4-12-8(16)3-5-11-7-6-13-15-9(10)14-7/h6H,2-5H2,1H3,(H,12,16)(H,11,14,15). The first-order chi connectivity index (χ1) is 7.72. The van der Waals surface area contributed by atoms with Gasteiger partial charge >= 0.3 is 0 Å². The maximum Gasteiger partial charge on any atom is 0.244 e. The van der Waals surface area contributed by atoms with Crippen LogP contribution in [0.1, 0.15) is 19.8 Å². The maximum absolute atomic E-state index is 11.2. The SMILES string of the molecule is CCCNC(=O)CCNc1cnnc(Cl)n1. The van der Waals surface area contributed by atoms with Gasteiger partial charge in [-0.1, -0.05) is 6.92 Å². The van der Waals surface area contributed by atoms with Gasteiger partial charge in [-0.15, -0.1) is 5.10 Å². The summed E-state index contributed by atoms with van der Waals surface area (Å²) in [5, 5.41) is 12.9. The van der Waals surface area contributed by atoms with Crippen LogP contribution >= 0.6 is 11.6 Å². The summed E-state index contributed by atoms with van der Waals surface area (Å²) < 4.78 is 0. The number of carbonyl (C=O) groups excluding carboxylic acids is 1. The van der Waals surface area contributed by atoms with E-state index >= 15 is 0 Å². The Bertz CT molecular complexity index is 346. The fourth-order valence-electron chi connectivity index (χ4n) is 1.02. The fraction of sp³-hybridized carbons (Fsp3) is 0.556. The topological polar surface area (TPSA) is 79.8 Å². The number of anilines is 1. The Morgan fingerprint density at radius 1 is 1.50 bits per heavy atom. The first kappa shape index (κ1) is 12.6. The summed E-state index contributed by atoms with van der Waals surface area (Å²) in [6, 6.07) is 0. The summed E-state index contributed by atoms with van der Waals surface area (Å²) in [7, 11) is 0. The number of hydrogen-bond donors (Lipinski definition) is 2. The first-order valence-corrected chi connectivity index (χ1v) is 5.46. The van der Waals surface area contributed by atoms with Crippen LogP contribution in [0.3, 0.4) is 0 Å². The third-order valence-electron chi connectivity index (χ3n) is 1.76. The predicted molar refractivity (Wildman–Crippen MR) is 61.2 cm³/mol. The molecule has 0 aliphatic rings. The van der Waals surface area contributed by atoms with Crippen LogP contribution < -0.4 is 10.6 Å². The highest BCUT2D eigenvalue weighted by Crippen LogP contribution is 2.03. The largest absolute Gasteiger partial charge is 0.368 e. The molecule has 0 saturated heterocycles. The first-order valence-electron chi connectivity index (χ1n) is 5.08. The number of aromatic nitrogens is 3. The molecule has 0 saturated carbocycles. The minimum atomic E-state index is 0.0162. The van der Waals surface area contributed by atoms with Crippen LogP contribution in [-0.4, -0.2) is 34.2 Å². The van der Waals surface area contributed by atoms with Gasteiger partial charge in [0.15, 0.2) is 0 Å². The monoisotopic (exact) mass is 243 g/mol. The van der Waals surface area contributed by atoms with Crippen molar-refractivity contribution in [2.24, 2.45) is 0 Å². The molecule has 0 aliphatic carbocycles. The lowest BCUT2D eigenvalue weighted by Gasteiger charge is -2.05. The molecule has 0 fully saturated rings. The van der Waals surface area contributed by atoms with Crippen molar-refractivity contribution in [3.63, 3.8) is 0 Å². The van der Waals surface area contributed by atoms with E-state index in [2.05, 4.69) is 25.8 Å². The van der Waals surface area contributed by atoms with Gasteiger partial charge < -0.3 is 10.6 Å². The molecule has 1 aromatic rings. The Hall–Kier alpha value is -1.43. The fourth-order valence-corrected chi connectivity index (χ4v) is 1.16. The Labute approximate surface area is 98.8 Å². The lowest BCUT2D eigenvalue weighted by molar-refractivity contribution is -0.120. The maximum atomic E-state index is 11.2. The second kappa shape index (κ2) is 6.95. The van der Waals surface area contributed by atoms with E-state index in [0.29, 0.717) is 25.3 Å². The van der Waals surface area contributed by atoms with Gasteiger partial charge in [0.1, 0.15) is 5.82 Å². The van der Waals surface area contributed by atoms with Crippen LogP contribution in [-0.2, 0) is 4.79 Å². The van der Waals surface area contributed by atoms with Gasteiger partial charge in [0.25, 0.3) is 0 Å². The zero-order chi connectivity index (χ0) is 11.8. The lowest BCUT2D eigenvalue weighted by atomic mass is 10.4. The molecule has 16 heavy (non-hydrogen) atoms. The molecule has 7 heteroatoms. The third kappa shape index (κ3) is 4.88. The van der Waals surface area contributed by atoms with Gasteiger partial charge in [-0.3, -0.25) is 4.79 Å². The molecule has 0 unspecified atom stereocenters. The van der Waals surface area contributed by atoms with Crippen LogP contribution in [0, 0.1) is 0 Å². The average molecular weight is 244 g/mol. The van der Waals surface area contributed by atoms with Crippen molar-refractivity contribution >= 4 is 23.3 Å². The molecule has 0 radical (unpaired) electrons. The molecular formula is C9H14ClN5O. The number of nitrogens with zero attached hydrogens (tertiary/aromatic N) is 3. The van der Waals surface area contributed by atoms with Crippen LogP contribution in [0.5, 0.6) is 0 Å². The number of nitrogens with one attached hydrogen (secondary N) is 2. The van der Waals surface area contributed by atoms with Crippen molar-refractivity contribution in [1.82, 2.24) is 20.5 Å². The van der Waals surface area contributed by atoms with Crippen LogP contribution in [0.15, 0.2) is 6.20 Å². The van der Waals surface area contributed by atoms with E-state index in [0.717, 1.165) is 6.42 Å². The van der Waals surface area contributed by atoms with E-state index in [4.69, 9.17) is 11.6 Å². The Morgan fingerprint density at radius 3 is 3.00 bits per heavy atom. The smallest absolute Gasteiger partial charge is 0.244 e. The molecule has 0 spiro atoms. The van der Waals surface area contributed by atoms with E-state index in [9.17, 15) is 4.79 Å². The van der Waals surface area contributed by atoms with Crippen LogP contribution in [0.2, 0.25) is 5.28 Å². The van der Waals surface area contributed by atoms with Crippen molar-refractivity contribution in [2.75, 3.05) is 18.4 Å². The van der Waals surface area contributed by atoms with Crippen molar-refractivity contribution in [1.29, 1.82) is 0 Å². The number of halogens is 1. The quantitative estimate of drug-likeness (QED) is 0.775. The van der Waals surface area contributed by atoms with Gasteiger partial charge in [-0.25, -0.2) is 0 Å². The van der Waals surface area contributed by atoms with Crippen molar-refractivity contribution < 1.29 is 4.79 Å². The van der Waals surface area contributed by atoms with Gasteiger partial charge in [-0.05, 0) is 18.0 Å². The molecule has 0 aromatic carbocycles. The average Bonchev–Trinajstić information content (AvgIpc) is 2.26. The van der Waals surface area contributed by atoms with E-state index in [1.165, 1.54) is 6.20 Å². The molecule has 6 nitrogen and oxygen atoms in total. The molecule has 0 atom stereocenters. The Kier molecular flexibility index (Phi) is 5.49. The van der Waals surface area contributed by atoms with Crippen molar-refractivity contribution in [3.8, 4) is 0 Å². The zero-order valence-corrected chi connectivity index (χ0v) is 9.79. The minimum absolute atomic E-state index is 0.0162. The number of carbonyl (C=O) groups is 1. The van der Waals surface area contributed by atoms with E-state index in [1.807, 2.05) is 6.92 Å². The molecule has 0 aliphatic heterocycles. The highest BCUT2D eigenvalue weighted by atomic mass is 35.5. The Morgan fingerprint density at radius 2 is 2.31 bits per heavy atom. The van der Waals surface area contributed by atoms with Crippen LogP contribution in [0.4, 0.5) is 5.82 Å². The third-order valence-corrected chi connectivity index (χ3v) is 1.92. The minimum Gasteiger partial charge on any atom is -0.368 e. The Balaban J connectivity index is 2.22. The van der Waals surface area contributed by atoms with Crippen molar-refractivity contribution in [2.45, 2.75) is 19.8 Å². The zero-order valence-electron chi connectivity index (χ0n) is 9.03. The summed E-state index contributed by atoms with van der Waals surface area (Å²) in [6.07, 6.45) is 2.78.